The molecule has 1 aliphatic rings. The maximum atomic E-state index is 13.3. The van der Waals surface area contributed by atoms with Gasteiger partial charge in [0.15, 0.2) is 5.54 Å². The van der Waals surface area contributed by atoms with Crippen molar-refractivity contribution in [1.29, 1.82) is 0 Å². The number of amides is 2. The highest BCUT2D eigenvalue weighted by atomic mass is 16.2. The summed E-state index contributed by atoms with van der Waals surface area (Å²) in [5.74, 6) is -0.276. The van der Waals surface area contributed by atoms with Gasteiger partial charge in [-0.25, -0.2) is 0 Å². The molecule has 0 aromatic heterocycles. The van der Waals surface area contributed by atoms with Crippen LogP contribution in [0.5, 0.6) is 0 Å². The minimum atomic E-state index is -1.05. The van der Waals surface area contributed by atoms with Crippen LogP contribution in [0.1, 0.15) is 12.0 Å². The number of carbonyl (C=O) groups excluding carboxylic acids is 2. The zero-order valence-electron chi connectivity index (χ0n) is 14.1. The molecule has 1 heterocycles. The van der Waals surface area contributed by atoms with Gasteiger partial charge in [-0.3, -0.25) is 14.5 Å². The number of para-hydroxylation sites is 2. The second kappa shape index (κ2) is 6.48. The van der Waals surface area contributed by atoms with Gasteiger partial charge in [-0.2, -0.15) is 0 Å². The van der Waals surface area contributed by atoms with Crippen LogP contribution in [0.4, 0.5) is 11.4 Å². The topological polar surface area (TPSA) is 49.4 Å². The minimum absolute atomic E-state index is 0.0664. The molecule has 128 valence electrons. The summed E-state index contributed by atoms with van der Waals surface area (Å²) in [6.07, 6.45) is 0.143. The monoisotopic (exact) mass is 342 g/mol. The van der Waals surface area contributed by atoms with Crippen LogP contribution < -0.4 is 10.2 Å². The third kappa shape index (κ3) is 2.56. The molecular formula is C22H18N2O2. The average molecular weight is 342 g/mol. The highest BCUT2D eigenvalue weighted by Gasteiger charge is 2.58. The van der Waals surface area contributed by atoms with Gasteiger partial charge in [0.2, 0.25) is 5.91 Å². The molecule has 1 aliphatic heterocycles. The van der Waals surface area contributed by atoms with Crippen LogP contribution in [0.25, 0.3) is 0 Å². The second-order valence-electron chi connectivity index (χ2n) is 6.29. The van der Waals surface area contributed by atoms with E-state index in [0.29, 0.717) is 5.69 Å². The van der Waals surface area contributed by atoms with Gasteiger partial charge in [-0.1, -0.05) is 66.7 Å². The van der Waals surface area contributed by atoms with E-state index in [1.165, 1.54) is 0 Å². The van der Waals surface area contributed by atoms with Gasteiger partial charge in [0, 0.05) is 11.4 Å². The molecular weight excluding hydrogens is 324 g/mol. The van der Waals surface area contributed by atoms with Crippen LogP contribution in [0, 0.1) is 0 Å². The van der Waals surface area contributed by atoms with Gasteiger partial charge >= 0.3 is 0 Å². The molecule has 1 atom stereocenters. The predicted molar refractivity (Wildman–Crippen MR) is 102 cm³/mol. The molecule has 1 saturated heterocycles. The van der Waals surface area contributed by atoms with Crippen molar-refractivity contribution in [1.82, 2.24) is 0 Å². The van der Waals surface area contributed by atoms with Crippen molar-refractivity contribution in [3.63, 3.8) is 0 Å². The second-order valence-corrected chi connectivity index (χ2v) is 6.29. The predicted octanol–water partition coefficient (Wildman–Crippen LogP) is 3.96. The van der Waals surface area contributed by atoms with Crippen molar-refractivity contribution >= 4 is 23.2 Å². The molecule has 2 amide bonds. The third-order valence-corrected chi connectivity index (χ3v) is 4.71. The molecule has 3 aromatic carbocycles. The Morgan fingerprint density at radius 2 is 1.35 bits per heavy atom. The van der Waals surface area contributed by atoms with Crippen molar-refractivity contribution in [3.05, 3.63) is 96.6 Å². The molecule has 26 heavy (non-hydrogen) atoms. The zero-order valence-corrected chi connectivity index (χ0v) is 14.1. The van der Waals surface area contributed by atoms with Crippen LogP contribution in [-0.2, 0) is 15.1 Å². The Labute approximate surface area is 152 Å². The Bertz CT molecular complexity index is 926. The summed E-state index contributed by atoms with van der Waals surface area (Å²) in [6.45, 7) is 0. The molecule has 0 radical (unpaired) electrons. The Kier molecular flexibility index (Phi) is 4.01. The molecule has 1 fully saturated rings. The highest BCUT2D eigenvalue weighted by Crippen LogP contribution is 2.45. The molecule has 4 heteroatoms. The van der Waals surface area contributed by atoms with Crippen LogP contribution in [-0.4, -0.2) is 11.8 Å². The highest BCUT2D eigenvalue weighted by molar-refractivity contribution is 6.17. The van der Waals surface area contributed by atoms with Gasteiger partial charge in [-0.05, 0) is 29.8 Å². The molecule has 3 aromatic rings. The number of rotatable bonds is 4. The van der Waals surface area contributed by atoms with Gasteiger partial charge in [0.05, 0.1) is 6.42 Å². The van der Waals surface area contributed by atoms with E-state index >= 15 is 0 Å². The summed E-state index contributed by atoms with van der Waals surface area (Å²) in [7, 11) is 0. The van der Waals surface area contributed by atoms with Crippen LogP contribution in [0.2, 0.25) is 0 Å². The van der Waals surface area contributed by atoms with E-state index < -0.39 is 5.54 Å². The molecule has 0 bridgehead atoms. The Hall–Kier alpha value is -3.40. The fourth-order valence-electron chi connectivity index (χ4n) is 3.45. The summed E-state index contributed by atoms with van der Waals surface area (Å²) in [6, 6.07) is 28.1. The van der Waals surface area contributed by atoms with Crippen molar-refractivity contribution in [2.75, 3.05) is 10.2 Å². The smallest absolute Gasteiger partial charge is 0.255 e. The molecule has 1 N–H and O–H groups in total. The Morgan fingerprint density at radius 3 is 1.92 bits per heavy atom. The van der Waals surface area contributed by atoms with E-state index in [1.54, 1.807) is 4.90 Å². The summed E-state index contributed by atoms with van der Waals surface area (Å²) < 4.78 is 0. The number of nitrogens with one attached hydrogen (secondary N) is 1. The number of hydrogen-bond acceptors (Lipinski definition) is 2. The van der Waals surface area contributed by atoms with E-state index in [9.17, 15) is 9.59 Å². The van der Waals surface area contributed by atoms with Crippen LogP contribution in [0.3, 0.4) is 0 Å². The first-order chi connectivity index (χ1) is 12.7. The van der Waals surface area contributed by atoms with Crippen molar-refractivity contribution in [2.45, 2.75) is 12.0 Å². The van der Waals surface area contributed by atoms with Gasteiger partial charge < -0.3 is 5.32 Å². The standard InChI is InChI=1S/C22H18N2O2/c25-20-16-22(17-10-4-1-5-11-17,24(20)19-14-8-3-9-15-19)21(26)23-18-12-6-2-7-13-18/h1-15H,16H2,(H,23,26). The molecule has 0 spiro atoms. The van der Waals surface area contributed by atoms with Gasteiger partial charge in [0.25, 0.3) is 5.91 Å². The number of β-lactam (4-membered cyclic amide) rings is 1. The van der Waals surface area contributed by atoms with Gasteiger partial charge in [0.1, 0.15) is 0 Å². The van der Waals surface area contributed by atoms with E-state index in [-0.39, 0.29) is 18.2 Å². The average Bonchev–Trinajstić information content (AvgIpc) is 2.68. The van der Waals surface area contributed by atoms with Crippen LogP contribution >= 0.6 is 0 Å². The molecule has 1 unspecified atom stereocenters. The Balaban J connectivity index is 1.79. The summed E-state index contributed by atoms with van der Waals surface area (Å²) in [5, 5.41) is 2.97. The van der Waals surface area contributed by atoms with Crippen molar-refractivity contribution < 1.29 is 9.59 Å². The maximum absolute atomic E-state index is 13.3. The van der Waals surface area contributed by atoms with Crippen molar-refractivity contribution in [2.24, 2.45) is 0 Å². The molecule has 4 nitrogen and oxygen atoms in total. The van der Waals surface area contributed by atoms with Crippen molar-refractivity contribution in [3.8, 4) is 0 Å². The number of benzene rings is 3. The first-order valence-electron chi connectivity index (χ1n) is 8.52. The SMILES string of the molecule is O=C1CC(C(=O)Nc2ccccc2)(c2ccccc2)N1c1ccccc1. The molecule has 0 saturated carbocycles. The lowest BCUT2D eigenvalue weighted by Gasteiger charge is -2.50. The fraction of sp³-hybridized carbons (Fsp3) is 0.0909. The largest absolute Gasteiger partial charge is 0.324 e. The summed E-state index contributed by atoms with van der Waals surface area (Å²) >= 11 is 0. The van der Waals surface area contributed by atoms with E-state index in [0.717, 1.165) is 11.3 Å². The van der Waals surface area contributed by atoms with E-state index in [1.807, 2.05) is 91.0 Å². The normalized spacial score (nSPS) is 18.9. The van der Waals surface area contributed by atoms with Gasteiger partial charge in [-0.15, -0.1) is 0 Å². The summed E-state index contributed by atoms with van der Waals surface area (Å²) in [4.78, 5) is 27.5. The first-order valence-corrected chi connectivity index (χ1v) is 8.52. The number of carbonyl (C=O) groups is 2. The van der Waals surface area contributed by atoms with E-state index in [4.69, 9.17) is 0 Å². The molecule has 0 aliphatic carbocycles. The van der Waals surface area contributed by atoms with E-state index in [2.05, 4.69) is 5.32 Å². The fourth-order valence-corrected chi connectivity index (χ4v) is 3.45. The molecule has 4 rings (SSSR count). The number of nitrogens with zero attached hydrogens (tertiary/aromatic N) is 1. The first kappa shape index (κ1) is 16.1. The number of hydrogen-bond donors (Lipinski definition) is 1. The number of anilines is 2. The third-order valence-electron chi connectivity index (χ3n) is 4.71. The zero-order chi connectivity index (χ0) is 18.0. The lowest BCUT2D eigenvalue weighted by Crippen LogP contribution is -2.67. The minimum Gasteiger partial charge on any atom is -0.324 e. The summed E-state index contributed by atoms with van der Waals surface area (Å²) in [5.41, 5.74) is 1.18. The maximum Gasteiger partial charge on any atom is 0.255 e. The van der Waals surface area contributed by atoms with Crippen LogP contribution in [0.15, 0.2) is 91.0 Å². The quantitative estimate of drug-likeness (QED) is 0.730. The lowest BCUT2D eigenvalue weighted by molar-refractivity contribution is -0.137. The lowest BCUT2D eigenvalue weighted by atomic mass is 9.76. The Morgan fingerprint density at radius 1 is 0.808 bits per heavy atom.